The van der Waals surface area contributed by atoms with E-state index in [-0.39, 0.29) is 18.1 Å². The lowest BCUT2D eigenvalue weighted by molar-refractivity contribution is 0.0936. The van der Waals surface area contributed by atoms with Crippen LogP contribution in [0.3, 0.4) is 0 Å². The molecule has 1 heterocycles. The highest BCUT2D eigenvalue weighted by Gasteiger charge is 2.33. The van der Waals surface area contributed by atoms with E-state index >= 15 is 0 Å². The van der Waals surface area contributed by atoms with Gasteiger partial charge in [-0.3, -0.25) is 4.79 Å². The Morgan fingerprint density at radius 1 is 1.06 bits per heavy atom. The van der Waals surface area contributed by atoms with Crippen LogP contribution in [0.15, 0.2) is 60.7 Å². The molecule has 0 saturated carbocycles. The molecule has 0 fully saturated rings. The third kappa shape index (κ3) is 5.17. The second-order valence-electron chi connectivity index (χ2n) is 7.97. The van der Waals surface area contributed by atoms with Crippen LogP contribution >= 0.6 is 11.6 Å². The maximum absolute atomic E-state index is 14.2. The Morgan fingerprint density at radius 2 is 1.74 bits per heavy atom. The van der Waals surface area contributed by atoms with Crippen molar-refractivity contribution in [3.05, 3.63) is 88.2 Å². The zero-order valence-electron chi connectivity index (χ0n) is 19.3. The number of nitrogens with zero attached hydrogens (tertiary/aromatic N) is 1. The summed E-state index contributed by atoms with van der Waals surface area (Å²) >= 11 is 6.18. The summed E-state index contributed by atoms with van der Waals surface area (Å²) < 4.78 is 25.1. The molecule has 0 unspecified atom stereocenters. The van der Waals surface area contributed by atoms with Gasteiger partial charge in [0.25, 0.3) is 5.91 Å². The van der Waals surface area contributed by atoms with Crippen LogP contribution in [0.4, 0.5) is 14.9 Å². The van der Waals surface area contributed by atoms with E-state index in [9.17, 15) is 14.0 Å². The van der Waals surface area contributed by atoms with E-state index in [1.54, 1.807) is 48.4 Å². The summed E-state index contributed by atoms with van der Waals surface area (Å²) in [6.07, 6.45) is 0.551. The van der Waals surface area contributed by atoms with Crippen molar-refractivity contribution in [3.8, 4) is 11.5 Å². The number of halogens is 2. The lowest BCUT2D eigenvalue weighted by atomic mass is 9.91. The fourth-order valence-corrected chi connectivity index (χ4v) is 4.39. The molecule has 0 aromatic heterocycles. The number of carbonyl (C=O) groups is 2. The van der Waals surface area contributed by atoms with Crippen LogP contribution in [-0.4, -0.2) is 44.1 Å². The van der Waals surface area contributed by atoms with Gasteiger partial charge < -0.3 is 25.0 Å². The molecule has 2 N–H and O–H groups in total. The fourth-order valence-electron chi connectivity index (χ4n) is 4.17. The second-order valence-corrected chi connectivity index (χ2v) is 8.37. The highest BCUT2D eigenvalue weighted by atomic mass is 35.5. The first-order chi connectivity index (χ1) is 16.9. The van der Waals surface area contributed by atoms with Gasteiger partial charge in [0.05, 0.1) is 36.5 Å². The van der Waals surface area contributed by atoms with E-state index in [1.165, 1.54) is 19.2 Å². The first kappa shape index (κ1) is 24.3. The number of para-hydroxylation sites is 1. The molecule has 182 valence electrons. The molecule has 7 nitrogen and oxygen atoms in total. The molecule has 0 bridgehead atoms. The highest BCUT2D eigenvalue weighted by Crippen LogP contribution is 2.38. The Hall–Kier alpha value is -3.78. The summed E-state index contributed by atoms with van der Waals surface area (Å²) in [7, 11) is 3.09. The normalized spacial score (nSPS) is 14.6. The molecule has 1 aliphatic heterocycles. The third-order valence-electron chi connectivity index (χ3n) is 5.95. The van der Waals surface area contributed by atoms with Crippen molar-refractivity contribution in [1.82, 2.24) is 10.2 Å². The quantitative estimate of drug-likeness (QED) is 0.499. The number of ether oxygens (including phenoxy) is 2. The van der Waals surface area contributed by atoms with Crippen LogP contribution in [0.5, 0.6) is 11.5 Å². The summed E-state index contributed by atoms with van der Waals surface area (Å²) in [5.74, 6) is 0.185. The van der Waals surface area contributed by atoms with Crippen molar-refractivity contribution in [1.29, 1.82) is 0 Å². The van der Waals surface area contributed by atoms with E-state index in [1.807, 2.05) is 12.1 Å². The molecule has 3 aromatic rings. The predicted octanol–water partition coefficient (Wildman–Crippen LogP) is 5.06. The number of hydrogen-bond acceptors (Lipinski definition) is 4. The molecule has 9 heteroatoms. The lowest BCUT2D eigenvalue weighted by Crippen LogP contribution is -2.47. The number of nitrogens with one attached hydrogen (secondary N) is 2. The van der Waals surface area contributed by atoms with Gasteiger partial charge in [-0.2, -0.15) is 0 Å². The van der Waals surface area contributed by atoms with Crippen molar-refractivity contribution >= 4 is 29.2 Å². The largest absolute Gasteiger partial charge is 0.493 e. The van der Waals surface area contributed by atoms with Gasteiger partial charge >= 0.3 is 6.03 Å². The molecule has 0 aliphatic carbocycles. The maximum Gasteiger partial charge on any atom is 0.322 e. The minimum absolute atomic E-state index is 0.0782. The zero-order valence-corrected chi connectivity index (χ0v) is 20.1. The smallest absolute Gasteiger partial charge is 0.322 e. The van der Waals surface area contributed by atoms with E-state index in [4.69, 9.17) is 21.1 Å². The number of urea groups is 1. The first-order valence-electron chi connectivity index (χ1n) is 11.0. The maximum atomic E-state index is 14.2. The van der Waals surface area contributed by atoms with Gasteiger partial charge in [0, 0.05) is 13.1 Å². The van der Waals surface area contributed by atoms with Crippen molar-refractivity contribution in [2.45, 2.75) is 12.5 Å². The number of carbonyl (C=O) groups excluding carboxylic acids is 2. The van der Waals surface area contributed by atoms with Crippen molar-refractivity contribution in [2.24, 2.45) is 0 Å². The van der Waals surface area contributed by atoms with Gasteiger partial charge in [0.1, 0.15) is 5.82 Å². The third-order valence-corrected chi connectivity index (χ3v) is 6.28. The number of hydrogen-bond donors (Lipinski definition) is 2. The van der Waals surface area contributed by atoms with Crippen LogP contribution in [0.25, 0.3) is 0 Å². The van der Waals surface area contributed by atoms with Crippen LogP contribution in [0, 0.1) is 5.82 Å². The lowest BCUT2D eigenvalue weighted by Gasteiger charge is -2.38. The van der Waals surface area contributed by atoms with Crippen LogP contribution < -0.4 is 20.1 Å². The Bertz CT molecular complexity index is 1250. The number of anilines is 1. The van der Waals surface area contributed by atoms with E-state index < -0.39 is 17.9 Å². The molecule has 35 heavy (non-hydrogen) atoms. The standard InChI is InChI=1S/C26H25ClFN3O4/c1-34-23-13-16-11-12-31(26(33)30-21-10-6-5-9-20(21)28)22(18(16)14-24(23)35-2)15-29-25(32)17-7-3-4-8-19(17)27/h3-10,13-14,22H,11-12,15H2,1-2H3,(H,29,32)(H,30,33)/t22-/m0/s1. The topological polar surface area (TPSA) is 79.9 Å². The van der Waals surface area contributed by atoms with Gasteiger partial charge in [0.15, 0.2) is 11.5 Å². The highest BCUT2D eigenvalue weighted by molar-refractivity contribution is 6.33. The zero-order chi connectivity index (χ0) is 24.9. The number of rotatable bonds is 6. The monoisotopic (exact) mass is 497 g/mol. The Kier molecular flexibility index (Phi) is 7.41. The van der Waals surface area contributed by atoms with Crippen molar-refractivity contribution in [2.75, 3.05) is 32.6 Å². The molecule has 4 rings (SSSR count). The second kappa shape index (κ2) is 10.7. The molecule has 3 amide bonds. The molecular formula is C26H25ClFN3O4. The predicted molar refractivity (Wildman–Crippen MR) is 132 cm³/mol. The van der Waals surface area contributed by atoms with Crippen molar-refractivity contribution in [3.63, 3.8) is 0 Å². The van der Waals surface area contributed by atoms with E-state index in [2.05, 4.69) is 10.6 Å². The fraction of sp³-hybridized carbons (Fsp3) is 0.231. The van der Waals surface area contributed by atoms with Crippen molar-refractivity contribution < 1.29 is 23.5 Å². The van der Waals surface area contributed by atoms with Crippen LogP contribution in [0.2, 0.25) is 5.02 Å². The van der Waals surface area contributed by atoms with Gasteiger partial charge in [-0.05, 0) is 53.9 Å². The SMILES string of the molecule is COc1cc2c(cc1OC)[C@H](CNC(=O)c1ccccc1Cl)N(C(=O)Nc1ccccc1F)CC2. The minimum Gasteiger partial charge on any atom is -0.493 e. The minimum atomic E-state index is -0.545. The number of methoxy groups -OCH3 is 2. The van der Waals surface area contributed by atoms with Crippen LogP contribution in [0.1, 0.15) is 27.5 Å². The van der Waals surface area contributed by atoms with Crippen LogP contribution in [-0.2, 0) is 6.42 Å². The summed E-state index contributed by atoms with van der Waals surface area (Å²) in [5, 5.41) is 5.86. The average Bonchev–Trinajstić information content (AvgIpc) is 2.87. The number of amides is 3. The number of benzene rings is 3. The Labute approximate surface area is 207 Å². The van der Waals surface area contributed by atoms with E-state index in [0.29, 0.717) is 35.1 Å². The molecular weight excluding hydrogens is 473 g/mol. The molecule has 1 aliphatic rings. The molecule has 1 atom stereocenters. The molecule has 3 aromatic carbocycles. The summed E-state index contributed by atoms with van der Waals surface area (Å²) in [4.78, 5) is 27.7. The summed E-state index contributed by atoms with van der Waals surface area (Å²) in [6.45, 7) is 0.465. The number of fused-ring (bicyclic) bond motifs is 1. The Morgan fingerprint density at radius 3 is 2.46 bits per heavy atom. The molecule has 0 spiro atoms. The molecule has 0 radical (unpaired) electrons. The molecule has 0 saturated heterocycles. The van der Waals surface area contributed by atoms with Gasteiger partial charge in [0.2, 0.25) is 0 Å². The summed E-state index contributed by atoms with van der Waals surface area (Å²) in [6, 6.07) is 15.4. The Balaban J connectivity index is 1.65. The summed E-state index contributed by atoms with van der Waals surface area (Å²) in [5.41, 5.74) is 2.18. The van der Waals surface area contributed by atoms with E-state index in [0.717, 1.165) is 11.1 Å². The average molecular weight is 498 g/mol. The van der Waals surface area contributed by atoms with Gasteiger partial charge in [-0.1, -0.05) is 35.9 Å². The van der Waals surface area contributed by atoms with Gasteiger partial charge in [-0.15, -0.1) is 0 Å². The first-order valence-corrected chi connectivity index (χ1v) is 11.4. The van der Waals surface area contributed by atoms with Gasteiger partial charge in [-0.25, -0.2) is 9.18 Å².